The summed E-state index contributed by atoms with van der Waals surface area (Å²) >= 11 is 0. The lowest BCUT2D eigenvalue weighted by Crippen LogP contribution is -2.39. The molecule has 1 rings (SSSR count). The largest absolute Gasteiger partial charge is 0.459 e. The van der Waals surface area contributed by atoms with Gasteiger partial charge in [0.05, 0.1) is 18.3 Å². The van der Waals surface area contributed by atoms with Crippen molar-refractivity contribution in [3.63, 3.8) is 0 Å². The van der Waals surface area contributed by atoms with Crippen molar-refractivity contribution < 1.29 is 38.1 Å². The van der Waals surface area contributed by atoms with Crippen molar-refractivity contribution in [3.05, 3.63) is 23.8 Å². The fraction of sp³-hybridized carbons (Fsp3) is 0.630. The molecule has 1 unspecified atom stereocenters. The fourth-order valence-corrected chi connectivity index (χ4v) is 2.78. The van der Waals surface area contributed by atoms with E-state index < -0.39 is 42.1 Å². The minimum atomic E-state index is -1.03. The lowest BCUT2D eigenvalue weighted by atomic mass is 9.92. The van der Waals surface area contributed by atoms with Gasteiger partial charge < -0.3 is 24.7 Å². The third kappa shape index (κ3) is 10.8. The molecule has 0 spiro atoms. The molecule has 202 valence electrons. The molecule has 9 nitrogen and oxygen atoms in total. The average Bonchev–Trinajstić information content (AvgIpc) is 2.73. The zero-order valence-corrected chi connectivity index (χ0v) is 22.9. The van der Waals surface area contributed by atoms with Gasteiger partial charge in [0.1, 0.15) is 18.2 Å². The molecule has 0 amide bonds. The van der Waals surface area contributed by atoms with E-state index in [0.717, 1.165) is 0 Å². The number of carbonyl (C=O) groups excluding carboxylic acids is 4. The number of benzene rings is 1. The predicted molar refractivity (Wildman–Crippen MR) is 134 cm³/mol. The van der Waals surface area contributed by atoms with Gasteiger partial charge in [-0.05, 0) is 43.4 Å². The van der Waals surface area contributed by atoms with Crippen LogP contribution in [-0.4, -0.2) is 42.1 Å². The van der Waals surface area contributed by atoms with Crippen molar-refractivity contribution in [2.45, 2.75) is 93.4 Å². The molecule has 0 saturated carbocycles. The van der Waals surface area contributed by atoms with Gasteiger partial charge in [-0.15, -0.1) is 0 Å². The Labute approximate surface area is 214 Å². The van der Waals surface area contributed by atoms with Gasteiger partial charge in [-0.25, -0.2) is 0 Å². The molecule has 0 aliphatic rings. The first kappa shape index (κ1) is 31.1. The first-order valence-corrected chi connectivity index (χ1v) is 12.2. The number of hydrogen-bond acceptors (Lipinski definition) is 9. The van der Waals surface area contributed by atoms with E-state index in [2.05, 4.69) is 0 Å². The summed E-state index contributed by atoms with van der Waals surface area (Å²) in [5.74, 6) is -2.63. The number of esters is 4. The normalized spacial score (nSPS) is 14.1. The lowest BCUT2D eigenvalue weighted by molar-refractivity contribution is -0.167. The monoisotopic (exact) mass is 507 g/mol. The van der Waals surface area contributed by atoms with Gasteiger partial charge in [0, 0.05) is 0 Å². The highest BCUT2D eigenvalue weighted by Gasteiger charge is 2.26. The molecule has 0 aliphatic heterocycles. The Balaban J connectivity index is 2.89. The van der Waals surface area contributed by atoms with Gasteiger partial charge >= 0.3 is 23.9 Å². The van der Waals surface area contributed by atoms with Crippen LogP contribution >= 0.6 is 0 Å². The van der Waals surface area contributed by atoms with Crippen LogP contribution < -0.4 is 15.2 Å². The van der Waals surface area contributed by atoms with Gasteiger partial charge in [0.25, 0.3) is 0 Å². The zero-order valence-electron chi connectivity index (χ0n) is 22.9. The zero-order chi connectivity index (χ0) is 27.8. The molecular weight excluding hydrogens is 466 g/mol. The third-order valence-corrected chi connectivity index (χ3v) is 5.09. The molecule has 0 aliphatic carbocycles. The highest BCUT2D eigenvalue weighted by molar-refractivity contribution is 5.78. The second-order valence-electron chi connectivity index (χ2n) is 10.8. The number of hydrogen-bond donors (Lipinski definition) is 1. The van der Waals surface area contributed by atoms with E-state index in [1.165, 1.54) is 12.1 Å². The van der Waals surface area contributed by atoms with Gasteiger partial charge in [-0.2, -0.15) is 0 Å². The molecule has 0 radical (unpaired) electrons. The molecule has 0 heterocycles. The van der Waals surface area contributed by atoms with Crippen molar-refractivity contribution in [2.24, 2.45) is 23.0 Å². The SMILES string of the molecule is CC(C)C(=O)Oc1ccc(C[C@H](N)C(=O)O[C@@H](C)C(C)OC(=O)CC(C)(C)C)cc1OC(=O)C(C)C. The van der Waals surface area contributed by atoms with E-state index in [0.29, 0.717) is 5.56 Å². The van der Waals surface area contributed by atoms with Crippen LogP contribution in [0.4, 0.5) is 0 Å². The summed E-state index contributed by atoms with van der Waals surface area (Å²) in [7, 11) is 0. The Morgan fingerprint density at radius 2 is 1.28 bits per heavy atom. The smallest absolute Gasteiger partial charge is 0.323 e. The van der Waals surface area contributed by atoms with E-state index in [1.54, 1.807) is 47.6 Å². The highest BCUT2D eigenvalue weighted by atomic mass is 16.6. The summed E-state index contributed by atoms with van der Waals surface area (Å²) in [4.78, 5) is 48.9. The number of ether oxygens (including phenoxy) is 4. The molecule has 36 heavy (non-hydrogen) atoms. The topological polar surface area (TPSA) is 131 Å². The van der Waals surface area contributed by atoms with Crippen LogP contribution in [0.2, 0.25) is 0 Å². The van der Waals surface area contributed by atoms with Crippen LogP contribution in [0.25, 0.3) is 0 Å². The standard InChI is InChI=1S/C27H41NO8/c1-15(2)24(30)35-21-11-10-19(13-22(21)36-25(31)16(3)4)12-20(28)26(32)34-18(6)17(5)33-23(29)14-27(7,8)9/h10-11,13,15-18,20H,12,14,28H2,1-9H3/t17?,18-,20-/m0/s1. The summed E-state index contributed by atoms with van der Waals surface area (Å²) in [6.07, 6.45) is -1.03. The molecule has 9 heteroatoms. The van der Waals surface area contributed by atoms with Gasteiger partial charge in [0.2, 0.25) is 0 Å². The molecule has 2 N–H and O–H groups in total. The lowest BCUT2D eigenvalue weighted by Gasteiger charge is -2.24. The maximum absolute atomic E-state index is 12.6. The predicted octanol–water partition coefficient (Wildman–Crippen LogP) is 3.98. The van der Waals surface area contributed by atoms with Gasteiger partial charge in [0.15, 0.2) is 11.5 Å². The second kappa shape index (κ2) is 13.4. The first-order valence-electron chi connectivity index (χ1n) is 12.2. The fourth-order valence-electron chi connectivity index (χ4n) is 2.78. The molecule has 0 bridgehead atoms. The van der Waals surface area contributed by atoms with Crippen LogP contribution in [0.15, 0.2) is 18.2 Å². The van der Waals surface area contributed by atoms with Crippen molar-refractivity contribution in [2.75, 3.05) is 0 Å². The third-order valence-electron chi connectivity index (χ3n) is 5.09. The van der Waals surface area contributed by atoms with E-state index >= 15 is 0 Å². The number of rotatable bonds is 11. The maximum atomic E-state index is 12.6. The van der Waals surface area contributed by atoms with Crippen LogP contribution in [0.3, 0.4) is 0 Å². The van der Waals surface area contributed by atoms with E-state index in [9.17, 15) is 19.2 Å². The van der Waals surface area contributed by atoms with Crippen molar-refractivity contribution in [3.8, 4) is 11.5 Å². The number of nitrogens with two attached hydrogens (primary N) is 1. The Morgan fingerprint density at radius 1 is 0.778 bits per heavy atom. The summed E-state index contributed by atoms with van der Waals surface area (Å²) in [5.41, 5.74) is 6.42. The number of carbonyl (C=O) groups is 4. The summed E-state index contributed by atoms with van der Waals surface area (Å²) < 4.78 is 21.6. The summed E-state index contributed by atoms with van der Waals surface area (Å²) in [6.45, 7) is 15.8. The quantitative estimate of drug-likeness (QED) is 0.349. The van der Waals surface area contributed by atoms with E-state index in [-0.39, 0.29) is 41.6 Å². The van der Waals surface area contributed by atoms with Crippen molar-refractivity contribution >= 4 is 23.9 Å². The minimum Gasteiger partial charge on any atom is -0.459 e. The average molecular weight is 508 g/mol. The van der Waals surface area contributed by atoms with Crippen LogP contribution in [0.1, 0.15) is 74.3 Å². The molecular formula is C27H41NO8. The van der Waals surface area contributed by atoms with E-state index in [1.807, 2.05) is 20.8 Å². The molecule has 1 aromatic carbocycles. The Bertz CT molecular complexity index is 932. The van der Waals surface area contributed by atoms with Crippen molar-refractivity contribution in [1.29, 1.82) is 0 Å². The molecule has 0 aromatic heterocycles. The Hall–Kier alpha value is -2.94. The van der Waals surface area contributed by atoms with Crippen molar-refractivity contribution in [1.82, 2.24) is 0 Å². The summed E-state index contributed by atoms with van der Waals surface area (Å²) in [6, 6.07) is 3.61. The Kier molecular flexibility index (Phi) is 11.6. The first-order chi connectivity index (χ1) is 16.5. The molecule has 0 saturated heterocycles. The van der Waals surface area contributed by atoms with Crippen LogP contribution in [-0.2, 0) is 35.1 Å². The second-order valence-corrected chi connectivity index (χ2v) is 10.8. The minimum absolute atomic E-state index is 0.0634. The summed E-state index contributed by atoms with van der Waals surface area (Å²) in [5, 5.41) is 0. The Morgan fingerprint density at radius 3 is 1.78 bits per heavy atom. The molecule has 1 aromatic rings. The molecule has 3 atom stereocenters. The maximum Gasteiger partial charge on any atom is 0.323 e. The van der Waals surface area contributed by atoms with E-state index in [4.69, 9.17) is 24.7 Å². The van der Waals surface area contributed by atoms with Crippen LogP contribution in [0, 0.1) is 17.3 Å². The van der Waals surface area contributed by atoms with Crippen LogP contribution in [0.5, 0.6) is 11.5 Å². The van der Waals surface area contributed by atoms with Gasteiger partial charge in [-0.1, -0.05) is 54.5 Å². The molecule has 0 fully saturated rings. The van der Waals surface area contributed by atoms with Gasteiger partial charge in [-0.3, -0.25) is 19.2 Å². The highest BCUT2D eigenvalue weighted by Crippen LogP contribution is 2.30.